The van der Waals surface area contributed by atoms with Gasteiger partial charge < -0.3 is 10.6 Å². The van der Waals surface area contributed by atoms with Crippen molar-refractivity contribution in [2.75, 3.05) is 18.0 Å². The van der Waals surface area contributed by atoms with Gasteiger partial charge in [0.05, 0.1) is 0 Å². The van der Waals surface area contributed by atoms with Crippen LogP contribution in [0, 0.1) is 17.6 Å². The minimum Gasteiger partial charge on any atom is -0.330 e. The second kappa shape index (κ2) is 6.46. The summed E-state index contributed by atoms with van der Waals surface area (Å²) >= 11 is 0. The van der Waals surface area contributed by atoms with Crippen LogP contribution in [-0.4, -0.2) is 19.0 Å². The largest absolute Gasteiger partial charge is 0.330 e. The van der Waals surface area contributed by atoms with Gasteiger partial charge >= 0.3 is 0 Å². The number of halogens is 2. The summed E-state index contributed by atoms with van der Waals surface area (Å²) in [6, 6.07) is 12.7. The van der Waals surface area contributed by atoms with Crippen LogP contribution in [-0.2, 0) is 4.79 Å². The predicted molar refractivity (Wildman–Crippen MR) is 85.1 cm³/mol. The Morgan fingerprint density at radius 1 is 1.13 bits per heavy atom. The van der Waals surface area contributed by atoms with Crippen LogP contribution in [0.1, 0.15) is 17.9 Å². The van der Waals surface area contributed by atoms with E-state index in [0.29, 0.717) is 13.1 Å². The first-order valence-electron chi connectivity index (χ1n) is 7.60. The lowest BCUT2D eigenvalue weighted by atomic mass is 9.79. The van der Waals surface area contributed by atoms with Crippen LogP contribution in [0.3, 0.4) is 0 Å². The lowest BCUT2D eigenvalue weighted by molar-refractivity contribution is -0.120. The second-order valence-electron chi connectivity index (χ2n) is 5.81. The Morgan fingerprint density at radius 3 is 2.57 bits per heavy atom. The minimum atomic E-state index is -0.505. The van der Waals surface area contributed by atoms with Gasteiger partial charge in [0.15, 0.2) is 0 Å². The highest BCUT2D eigenvalue weighted by atomic mass is 19.1. The molecule has 1 saturated heterocycles. The molecule has 0 unspecified atom stereocenters. The van der Waals surface area contributed by atoms with E-state index in [4.69, 9.17) is 5.73 Å². The maximum Gasteiger partial charge on any atom is 0.227 e. The van der Waals surface area contributed by atoms with Gasteiger partial charge in [0.2, 0.25) is 5.91 Å². The number of para-hydroxylation sites is 1. The third-order valence-electron chi connectivity index (χ3n) is 4.41. The monoisotopic (exact) mass is 316 g/mol. The van der Waals surface area contributed by atoms with Gasteiger partial charge in [0.25, 0.3) is 0 Å². The van der Waals surface area contributed by atoms with Crippen LogP contribution in [0.25, 0.3) is 0 Å². The second-order valence-corrected chi connectivity index (χ2v) is 5.81. The van der Waals surface area contributed by atoms with E-state index in [-0.39, 0.29) is 23.8 Å². The van der Waals surface area contributed by atoms with Crippen molar-refractivity contribution in [2.45, 2.75) is 12.3 Å². The molecule has 0 saturated carbocycles. The average molecular weight is 316 g/mol. The number of nitrogens with two attached hydrogens (primary N) is 1. The number of hydrogen-bond acceptors (Lipinski definition) is 2. The first-order valence-corrected chi connectivity index (χ1v) is 7.60. The quantitative estimate of drug-likeness (QED) is 0.946. The molecule has 2 N–H and O–H groups in total. The molecule has 3 rings (SSSR count). The third-order valence-corrected chi connectivity index (χ3v) is 4.41. The van der Waals surface area contributed by atoms with Crippen molar-refractivity contribution in [2.24, 2.45) is 11.7 Å². The standard InChI is InChI=1S/C18H18F2N2O/c19-13-6-7-17(20)16(8-13)15-9-18(23)22(11-12(15)10-21)14-4-2-1-3-5-14/h1-8,12,15H,9-11,21H2/t12-,15-/m0/s1. The summed E-state index contributed by atoms with van der Waals surface area (Å²) in [7, 11) is 0. The molecule has 120 valence electrons. The molecular weight excluding hydrogens is 298 g/mol. The van der Waals surface area contributed by atoms with Crippen LogP contribution in [0.2, 0.25) is 0 Å². The molecule has 2 aromatic carbocycles. The molecule has 0 spiro atoms. The fraction of sp³-hybridized carbons (Fsp3) is 0.278. The van der Waals surface area contributed by atoms with Crippen molar-refractivity contribution >= 4 is 11.6 Å². The van der Waals surface area contributed by atoms with Crippen molar-refractivity contribution in [3.63, 3.8) is 0 Å². The average Bonchev–Trinajstić information content (AvgIpc) is 2.57. The third kappa shape index (κ3) is 3.10. The Balaban J connectivity index is 1.91. The first-order chi connectivity index (χ1) is 11.1. The van der Waals surface area contributed by atoms with Crippen LogP contribution in [0.4, 0.5) is 14.5 Å². The van der Waals surface area contributed by atoms with Crippen molar-refractivity contribution in [1.82, 2.24) is 0 Å². The number of nitrogens with zero attached hydrogens (tertiary/aromatic N) is 1. The molecule has 2 aromatic rings. The van der Waals surface area contributed by atoms with E-state index >= 15 is 0 Å². The molecule has 0 radical (unpaired) electrons. The minimum absolute atomic E-state index is 0.102. The Morgan fingerprint density at radius 2 is 1.87 bits per heavy atom. The molecule has 2 atom stereocenters. The molecule has 1 amide bonds. The number of rotatable bonds is 3. The van der Waals surface area contributed by atoms with Gasteiger partial charge in [-0.3, -0.25) is 4.79 Å². The molecule has 5 heteroatoms. The molecule has 23 heavy (non-hydrogen) atoms. The van der Waals surface area contributed by atoms with Gasteiger partial charge in [-0.1, -0.05) is 18.2 Å². The lowest BCUT2D eigenvalue weighted by Gasteiger charge is -2.38. The highest BCUT2D eigenvalue weighted by Crippen LogP contribution is 2.36. The van der Waals surface area contributed by atoms with E-state index in [1.165, 1.54) is 6.07 Å². The molecule has 1 aliphatic rings. The number of carbonyl (C=O) groups is 1. The predicted octanol–water partition coefficient (Wildman–Crippen LogP) is 3.06. The molecule has 0 aliphatic carbocycles. The van der Waals surface area contributed by atoms with Crippen LogP contribution >= 0.6 is 0 Å². The van der Waals surface area contributed by atoms with Gasteiger partial charge in [-0.15, -0.1) is 0 Å². The summed E-state index contributed by atoms with van der Waals surface area (Å²) in [6.45, 7) is 0.706. The van der Waals surface area contributed by atoms with E-state index in [1.807, 2.05) is 30.3 Å². The molecule has 1 fully saturated rings. The van der Waals surface area contributed by atoms with E-state index in [2.05, 4.69) is 0 Å². The summed E-state index contributed by atoms with van der Waals surface area (Å²) in [5.41, 5.74) is 6.89. The van der Waals surface area contributed by atoms with Crippen LogP contribution < -0.4 is 10.6 Å². The number of carbonyl (C=O) groups excluding carboxylic acids is 1. The Labute approximate surface area is 133 Å². The Bertz CT molecular complexity index is 705. The van der Waals surface area contributed by atoms with Gasteiger partial charge in [-0.25, -0.2) is 8.78 Å². The topological polar surface area (TPSA) is 46.3 Å². The van der Waals surface area contributed by atoms with Crippen molar-refractivity contribution < 1.29 is 13.6 Å². The van der Waals surface area contributed by atoms with Crippen molar-refractivity contribution in [3.05, 3.63) is 65.7 Å². The van der Waals surface area contributed by atoms with Crippen molar-refractivity contribution in [1.29, 1.82) is 0 Å². The maximum atomic E-state index is 14.1. The van der Waals surface area contributed by atoms with E-state index in [9.17, 15) is 13.6 Å². The zero-order chi connectivity index (χ0) is 16.4. The highest BCUT2D eigenvalue weighted by molar-refractivity contribution is 5.94. The van der Waals surface area contributed by atoms with Gasteiger partial charge in [0.1, 0.15) is 11.6 Å². The lowest BCUT2D eigenvalue weighted by Crippen LogP contribution is -2.46. The maximum absolute atomic E-state index is 14.1. The summed E-state index contributed by atoms with van der Waals surface area (Å²) in [5.74, 6) is -1.62. The Kier molecular flexibility index (Phi) is 4.39. The van der Waals surface area contributed by atoms with Gasteiger partial charge in [-0.2, -0.15) is 0 Å². The summed E-state index contributed by atoms with van der Waals surface area (Å²) < 4.78 is 27.6. The number of piperidine rings is 1. The molecule has 3 nitrogen and oxygen atoms in total. The fourth-order valence-electron chi connectivity index (χ4n) is 3.19. The fourth-order valence-corrected chi connectivity index (χ4v) is 3.19. The van der Waals surface area contributed by atoms with E-state index in [1.54, 1.807) is 4.90 Å². The SMILES string of the molecule is NC[C@H]1CN(c2ccccc2)C(=O)C[C@@H]1c1cc(F)ccc1F. The van der Waals surface area contributed by atoms with E-state index < -0.39 is 17.6 Å². The van der Waals surface area contributed by atoms with Crippen LogP contribution in [0.15, 0.2) is 48.5 Å². The van der Waals surface area contributed by atoms with Crippen LogP contribution in [0.5, 0.6) is 0 Å². The summed E-state index contributed by atoms with van der Waals surface area (Å²) in [4.78, 5) is 14.2. The molecule has 1 heterocycles. The molecular formula is C18H18F2N2O. The number of amides is 1. The number of hydrogen-bond donors (Lipinski definition) is 1. The zero-order valence-corrected chi connectivity index (χ0v) is 12.6. The normalized spacial score (nSPS) is 21.5. The smallest absolute Gasteiger partial charge is 0.227 e. The number of anilines is 1. The van der Waals surface area contributed by atoms with Crippen molar-refractivity contribution in [3.8, 4) is 0 Å². The zero-order valence-electron chi connectivity index (χ0n) is 12.6. The molecule has 0 aromatic heterocycles. The molecule has 1 aliphatic heterocycles. The first kappa shape index (κ1) is 15.6. The summed E-state index contributed by atoms with van der Waals surface area (Å²) in [6.07, 6.45) is 0.122. The van der Waals surface area contributed by atoms with Gasteiger partial charge in [-0.05, 0) is 48.4 Å². The Hall–Kier alpha value is -2.27. The van der Waals surface area contributed by atoms with Gasteiger partial charge in [0, 0.05) is 24.6 Å². The number of benzene rings is 2. The molecule has 0 bridgehead atoms. The highest BCUT2D eigenvalue weighted by Gasteiger charge is 2.36. The van der Waals surface area contributed by atoms with E-state index in [0.717, 1.165) is 17.8 Å². The summed E-state index contributed by atoms with van der Waals surface area (Å²) in [5, 5.41) is 0.